The number of hydrogen-bond donors (Lipinski definition) is 0. The Morgan fingerprint density at radius 3 is 2.24 bits per heavy atom. The summed E-state index contributed by atoms with van der Waals surface area (Å²) >= 11 is 0. The summed E-state index contributed by atoms with van der Waals surface area (Å²) in [6, 6.07) is 13.2. The second-order valence-corrected chi connectivity index (χ2v) is 7.86. The molecule has 0 aromatic heterocycles. The van der Waals surface area contributed by atoms with Crippen molar-refractivity contribution in [3.8, 4) is 0 Å². The number of halogens is 1. The minimum absolute atomic E-state index is 0.137. The number of nitrogens with zero attached hydrogens (tertiary/aromatic N) is 2. The molecular weight excluding hydrogens is 343 g/mol. The third-order valence-electron chi connectivity index (χ3n) is 3.77. The molecule has 0 bridgehead atoms. The van der Waals surface area contributed by atoms with Crippen molar-refractivity contribution in [1.29, 1.82) is 0 Å². The van der Waals surface area contributed by atoms with Crippen LogP contribution in [-0.2, 0) is 21.4 Å². The Kier molecular flexibility index (Phi) is 5.79. The van der Waals surface area contributed by atoms with Gasteiger partial charge in [0.25, 0.3) is 0 Å². The standard InChI is InChI=1S/C18H21FN2O3S/c1-14-8-10-15(11-9-14)12-20(2)18(22)13-21(25(3,23)24)17-7-5-4-6-16(17)19/h4-11H,12-13H2,1-3H3. The summed E-state index contributed by atoms with van der Waals surface area (Å²) < 4.78 is 38.8. The molecule has 2 rings (SSSR count). The Bertz CT molecular complexity index is 851. The smallest absolute Gasteiger partial charge is 0.243 e. The molecule has 0 N–H and O–H groups in total. The van der Waals surface area contributed by atoms with E-state index in [4.69, 9.17) is 0 Å². The van der Waals surface area contributed by atoms with E-state index in [1.807, 2.05) is 31.2 Å². The highest BCUT2D eigenvalue weighted by Gasteiger charge is 2.24. The van der Waals surface area contributed by atoms with E-state index in [9.17, 15) is 17.6 Å². The highest BCUT2D eigenvalue weighted by atomic mass is 32.2. The fraction of sp³-hybridized carbons (Fsp3) is 0.278. The molecular formula is C18H21FN2O3S. The predicted octanol–water partition coefficient (Wildman–Crippen LogP) is 2.56. The minimum atomic E-state index is -3.80. The molecule has 2 aromatic rings. The predicted molar refractivity (Wildman–Crippen MR) is 96.2 cm³/mol. The lowest BCUT2D eigenvalue weighted by molar-refractivity contribution is -0.128. The topological polar surface area (TPSA) is 57.7 Å². The lowest BCUT2D eigenvalue weighted by atomic mass is 10.1. The van der Waals surface area contributed by atoms with Gasteiger partial charge in [0.15, 0.2) is 0 Å². The fourth-order valence-corrected chi connectivity index (χ4v) is 3.18. The summed E-state index contributed by atoms with van der Waals surface area (Å²) in [5.74, 6) is -1.11. The zero-order chi connectivity index (χ0) is 18.6. The Hall–Kier alpha value is -2.41. The van der Waals surface area contributed by atoms with Gasteiger partial charge in [0.1, 0.15) is 12.4 Å². The summed E-state index contributed by atoms with van der Waals surface area (Å²) in [7, 11) is -2.21. The molecule has 0 saturated carbocycles. The van der Waals surface area contributed by atoms with Crippen LogP contribution in [0.1, 0.15) is 11.1 Å². The zero-order valence-corrected chi connectivity index (χ0v) is 15.3. The van der Waals surface area contributed by atoms with E-state index in [0.717, 1.165) is 27.8 Å². The first-order valence-corrected chi connectivity index (χ1v) is 9.55. The SMILES string of the molecule is Cc1ccc(CN(C)C(=O)CN(c2ccccc2F)S(C)(=O)=O)cc1. The maximum Gasteiger partial charge on any atom is 0.243 e. The van der Waals surface area contributed by atoms with E-state index in [1.165, 1.54) is 23.1 Å². The molecule has 2 aromatic carbocycles. The molecule has 0 atom stereocenters. The number of likely N-dealkylation sites (N-methyl/N-ethyl adjacent to an activating group) is 1. The van der Waals surface area contributed by atoms with Crippen LogP contribution >= 0.6 is 0 Å². The molecule has 5 nitrogen and oxygen atoms in total. The van der Waals surface area contributed by atoms with E-state index < -0.39 is 28.3 Å². The van der Waals surface area contributed by atoms with Crippen molar-refractivity contribution >= 4 is 21.6 Å². The number of aryl methyl sites for hydroxylation is 1. The van der Waals surface area contributed by atoms with Gasteiger partial charge >= 0.3 is 0 Å². The Morgan fingerprint density at radius 2 is 1.68 bits per heavy atom. The molecule has 0 heterocycles. The van der Waals surface area contributed by atoms with E-state index in [-0.39, 0.29) is 5.69 Å². The van der Waals surface area contributed by atoms with Crippen LogP contribution in [0.5, 0.6) is 0 Å². The van der Waals surface area contributed by atoms with Gasteiger partial charge in [-0.3, -0.25) is 9.10 Å². The molecule has 7 heteroatoms. The Balaban J connectivity index is 2.17. The third-order valence-corrected chi connectivity index (χ3v) is 4.89. The molecule has 0 unspecified atom stereocenters. The number of carbonyl (C=O) groups excluding carboxylic acids is 1. The van der Waals surface area contributed by atoms with Gasteiger partial charge in [-0.25, -0.2) is 12.8 Å². The number of carbonyl (C=O) groups is 1. The number of rotatable bonds is 6. The van der Waals surface area contributed by atoms with Crippen molar-refractivity contribution in [2.45, 2.75) is 13.5 Å². The van der Waals surface area contributed by atoms with Crippen LogP contribution in [-0.4, -0.2) is 39.1 Å². The second-order valence-electron chi connectivity index (χ2n) is 5.96. The molecule has 0 aliphatic heterocycles. The first-order valence-electron chi connectivity index (χ1n) is 7.70. The van der Waals surface area contributed by atoms with Crippen LogP contribution < -0.4 is 4.31 Å². The number of benzene rings is 2. The molecule has 0 aliphatic carbocycles. The summed E-state index contributed by atoms with van der Waals surface area (Å²) in [4.78, 5) is 13.9. The summed E-state index contributed by atoms with van der Waals surface area (Å²) in [6.07, 6.45) is 0.951. The van der Waals surface area contributed by atoms with E-state index in [1.54, 1.807) is 7.05 Å². The van der Waals surface area contributed by atoms with Gasteiger partial charge in [-0.05, 0) is 24.6 Å². The fourth-order valence-electron chi connectivity index (χ4n) is 2.33. The van der Waals surface area contributed by atoms with Crippen molar-refractivity contribution in [2.24, 2.45) is 0 Å². The molecule has 0 aliphatic rings. The first-order chi connectivity index (χ1) is 11.7. The van der Waals surface area contributed by atoms with Gasteiger partial charge < -0.3 is 4.90 Å². The van der Waals surface area contributed by atoms with Gasteiger partial charge in [0.2, 0.25) is 15.9 Å². The van der Waals surface area contributed by atoms with Crippen LogP contribution in [0.3, 0.4) is 0 Å². The quantitative estimate of drug-likeness (QED) is 0.792. The maximum atomic E-state index is 14.0. The number of sulfonamides is 1. The van der Waals surface area contributed by atoms with E-state index in [2.05, 4.69) is 0 Å². The Labute approximate surface area is 147 Å². The monoisotopic (exact) mass is 364 g/mol. The summed E-state index contributed by atoms with van der Waals surface area (Å²) in [5, 5.41) is 0. The molecule has 134 valence electrons. The number of amides is 1. The third kappa shape index (κ3) is 5.03. The number of hydrogen-bond acceptors (Lipinski definition) is 3. The average molecular weight is 364 g/mol. The normalized spacial score (nSPS) is 11.2. The molecule has 1 amide bonds. The summed E-state index contributed by atoms with van der Waals surface area (Å²) in [5.41, 5.74) is 1.90. The van der Waals surface area contributed by atoms with Gasteiger partial charge in [-0.1, -0.05) is 42.0 Å². The second kappa shape index (κ2) is 7.65. The molecule has 0 fully saturated rings. The highest BCUT2D eigenvalue weighted by Crippen LogP contribution is 2.21. The van der Waals surface area contributed by atoms with Crippen molar-refractivity contribution in [1.82, 2.24) is 4.90 Å². The maximum absolute atomic E-state index is 14.0. The highest BCUT2D eigenvalue weighted by molar-refractivity contribution is 7.92. The van der Waals surface area contributed by atoms with Crippen molar-refractivity contribution in [2.75, 3.05) is 24.2 Å². The summed E-state index contributed by atoms with van der Waals surface area (Å²) in [6.45, 7) is 1.85. The van der Waals surface area contributed by atoms with Crippen LogP contribution in [0.4, 0.5) is 10.1 Å². The van der Waals surface area contributed by atoms with Gasteiger partial charge in [0.05, 0.1) is 11.9 Å². The molecule has 25 heavy (non-hydrogen) atoms. The average Bonchev–Trinajstić information content (AvgIpc) is 2.54. The number of para-hydroxylation sites is 1. The molecule has 0 spiro atoms. The molecule has 0 radical (unpaired) electrons. The lowest BCUT2D eigenvalue weighted by Crippen LogP contribution is -2.41. The van der Waals surface area contributed by atoms with E-state index >= 15 is 0 Å². The lowest BCUT2D eigenvalue weighted by Gasteiger charge is -2.25. The Morgan fingerprint density at radius 1 is 1.08 bits per heavy atom. The molecule has 0 saturated heterocycles. The van der Waals surface area contributed by atoms with Crippen LogP contribution in [0, 0.1) is 12.7 Å². The van der Waals surface area contributed by atoms with Gasteiger partial charge in [-0.15, -0.1) is 0 Å². The van der Waals surface area contributed by atoms with Gasteiger partial charge in [-0.2, -0.15) is 0 Å². The van der Waals surface area contributed by atoms with Crippen molar-refractivity contribution in [3.05, 3.63) is 65.5 Å². The van der Waals surface area contributed by atoms with E-state index in [0.29, 0.717) is 6.54 Å². The first kappa shape index (κ1) is 18.9. The minimum Gasteiger partial charge on any atom is -0.340 e. The van der Waals surface area contributed by atoms with Crippen LogP contribution in [0.15, 0.2) is 48.5 Å². The van der Waals surface area contributed by atoms with Crippen molar-refractivity contribution in [3.63, 3.8) is 0 Å². The van der Waals surface area contributed by atoms with Crippen LogP contribution in [0.2, 0.25) is 0 Å². The zero-order valence-electron chi connectivity index (χ0n) is 14.4. The van der Waals surface area contributed by atoms with Gasteiger partial charge in [0, 0.05) is 13.6 Å². The van der Waals surface area contributed by atoms with Crippen molar-refractivity contribution < 1.29 is 17.6 Å². The number of anilines is 1. The van der Waals surface area contributed by atoms with Crippen LogP contribution in [0.25, 0.3) is 0 Å². The largest absolute Gasteiger partial charge is 0.340 e.